The number of esters is 1. The lowest BCUT2D eigenvalue weighted by Crippen LogP contribution is -2.15. The van der Waals surface area contributed by atoms with Crippen LogP contribution in [0.15, 0.2) is 18.2 Å². The summed E-state index contributed by atoms with van der Waals surface area (Å²) in [6.45, 7) is 3.15. The van der Waals surface area contributed by atoms with Crippen molar-refractivity contribution >= 4 is 17.6 Å². The van der Waals surface area contributed by atoms with Crippen LogP contribution in [0.1, 0.15) is 23.1 Å². The van der Waals surface area contributed by atoms with E-state index in [1.54, 1.807) is 13.2 Å². The van der Waals surface area contributed by atoms with E-state index in [1.165, 1.54) is 7.11 Å². The highest BCUT2D eigenvalue weighted by molar-refractivity contribution is 6.32. The Kier molecular flexibility index (Phi) is 4.78. The van der Waals surface area contributed by atoms with Crippen molar-refractivity contribution in [2.24, 2.45) is 0 Å². The summed E-state index contributed by atoms with van der Waals surface area (Å²) in [4.78, 5) is 16.7. The minimum atomic E-state index is -0.444. The van der Waals surface area contributed by atoms with Crippen LogP contribution in [0.5, 0.6) is 5.75 Å². The maximum Gasteiger partial charge on any atom is 0.358 e. The molecule has 24 heavy (non-hydrogen) atoms. The third-order valence-corrected chi connectivity index (χ3v) is 4.35. The fourth-order valence-corrected chi connectivity index (χ4v) is 3.08. The fraction of sp³-hybridized carbons (Fsp3) is 0.412. The second kappa shape index (κ2) is 6.83. The highest BCUT2D eigenvalue weighted by atomic mass is 35.5. The lowest BCUT2D eigenvalue weighted by molar-refractivity contribution is 0.0591. The highest BCUT2D eigenvalue weighted by Crippen LogP contribution is 2.32. The van der Waals surface area contributed by atoms with Gasteiger partial charge in [-0.3, -0.25) is 0 Å². The molecule has 0 bridgehead atoms. The van der Waals surface area contributed by atoms with Crippen LogP contribution < -0.4 is 4.74 Å². The largest absolute Gasteiger partial charge is 0.495 e. The zero-order valence-electron chi connectivity index (χ0n) is 13.8. The summed E-state index contributed by atoms with van der Waals surface area (Å²) >= 11 is 6.11. The molecule has 0 spiro atoms. The third kappa shape index (κ3) is 2.99. The Morgan fingerprint density at radius 3 is 2.92 bits per heavy atom. The van der Waals surface area contributed by atoms with Crippen molar-refractivity contribution in [2.75, 3.05) is 20.8 Å². The molecule has 0 saturated carbocycles. The van der Waals surface area contributed by atoms with Crippen molar-refractivity contribution in [3.05, 3.63) is 34.6 Å². The molecule has 1 aromatic heterocycles. The number of imidazole rings is 1. The lowest BCUT2D eigenvalue weighted by atomic mass is 10.2. The maximum absolute atomic E-state index is 12.1. The van der Waals surface area contributed by atoms with Gasteiger partial charge in [0.05, 0.1) is 44.2 Å². The smallest absolute Gasteiger partial charge is 0.358 e. The van der Waals surface area contributed by atoms with E-state index in [-0.39, 0.29) is 6.10 Å². The first-order valence-electron chi connectivity index (χ1n) is 7.68. The van der Waals surface area contributed by atoms with E-state index < -0.39 is 5.97 Å². The van der Waals surface area contributed by atoms with Crippen LogP contribution >= 0.6 is 11.6 Å². The van der Waals surface area contributed by atoms with Crippen molar-refractivity contribution in [2.45, 2.75) is 26.0 Å². The quantitative estimate of drug-likeness (QED) is 0.796. The van der Waals surface area contributed by atoms with Gasteiger partial charge in [0.15, 0.2) is 5.69 Å². The summed E-state index contributed by atoms with van der Waals surface area (Å²) < 4.78 is 17.9. The minimum absolute atomic E-state index is 0.0268. The van der Waals surface area contributed by atoms with Crippen LogP contribution in [0.3, 0.4) is 0 Å². The molecule has 3 rings (SSSR count). The number of hydrogen-bond donors (Lipinski definition) is 0. The highest BCUT2D eigenvalue weighted by Gasteiger charge is 2.27. The van der Waals surface area contributed by atoms with Crippen LogP contribution in [-0.4, -0.2) is 42.5 Å². The van der Waals surface area contributed by atoms with Crippen LogP contribution in [0, 0.1) is 0 Å². The van der Waals surface area contributed by atoms with Crippen molar-refractivity contribution in [1.82, 2.24) is 9.55 Å². The van der Waals surface area contributed by atoms with Gasteiger partial charge in [0.25, 0.3) is 0 Å². The lowest BCUT2D eigenvalue weighted by Gasteiger charge is -2.13. The first-order valence-corrected chi connectivity index (χ1v) is 8.06. The number of aromatic nitrogens is 2. The van der Waals surface area contributed by atoms with Gasteiger partial charge in [-0.1, -0.05) is 11.6 Å². The Bertz CT molecular complexity index is 772. The van der Waals surface area contributed by atoms with Crippen LogP contribution in [0.4, 0.5) is 0 Å². The van der Waals surface area contributed by atoms with E-state index in [9.17, 15) is 4.79 Å². The van der Waals surface area contributed by atoms with Crippen molar-refractivity contribution in [3.63, 3.8) is 0 Å². The van der Waals surface area contributed by atoms with E-state index in [4.69, 9.17) is 25.8 Å². The van der Waals surface area contributed by atoms with Crippen LogP contribution in [0.25, 0.3) is 11.4 Å². The van der Waals surface area contributed by atoms with Crippen molar-refractivity contribution in [1.29, 1.82) is 0 Å². The standard InChI is InChI=1S/C17H19ClN2O4/c1-10-9-20-13(6-7-24-10)15(17(21)23-3)19-16(20)11-4-5-12(18)14(8-11)22-2/h4-5,8,10H,6-7,9H2,1-3H3. The van der Waals surface area contributed by atoms with Crippen molar-refractivity contribution in [3.8, 4) is 17.1 Å². The van der Waals surface area contributed by atoms with E-state index in [2.05, 4.69) is 4.98 Å². The van der Waals surface area contributed by atoms with Crippen LogP contribution in [0.2, 0.25) is 5.02 Å². The average Bonchev–Trinajstić information content (AvgIpc) is 2.81. The summed E-state index contributed by atoms with van der Waals surface area (Å²) in [6.07, 6.45) is 0.630. The Hall–Kier alpha value is -2.05. The zero-order valence-corrected chi connectivity index (χ0v) is 14.6. The number of ether oxygens (including phenoxy) is 3. The predicted molar refractivity (Wildman–Crippen MR) is 89.7 cm³/mol. The fourth-order valence-electron chi connectivity index (χ4n) is 2.88. The van der Waals surface area contributed by atoms with Gasteiger partial charge in [-0.05, 0) is 25.1 Å². The second-order valence-corrected chi connectivity index (χ2v) is 6.02. The Balaban J connectivity index is 2.17. The maximum atomic E-state index is 12.1. The molecule has 6 nitrogen and oxygen atoms in total. The number of halogens is 1. The van der Waals surface area contributed by atoms with Gasteiger partial charge in [0.2, 0.25) is 0 Å². The van der Waals surface area contributed by atoms with Gasteiger partial charge in [0, 0.05) is 12.0 Å². The molecular weight excluding hydrogens is 332 g/mol. The molecule has 2 heterocycles. The van der Waals surface area contributed by atoms with E-state index in [0.717, 1.165) is 11.3 Å². The molecule has 1 unspecified atom stereocenters. The average molecular weight is 351 g/mol. The second-order valence-electron chi connectivity index (χ2n) is 5.61. The van der Waals surface area contributed by atoms with Crippen LogP contribution in [-0.2, 0) is 22.4 Å². The number of carbonyl (C=O) groups is 1. The summed E-state index contributed by atoms with van der Waals surface area (Å²) in [5.74, 6) is 0.794. The third-order valence-electron chi connectivity index (χ3n) is 4.04. The summed E-state index contributed by atoms with van der Waals surface area (Å²) in [6, 6.07) is 5.43. The molecule has 128 valence electrons. The Morgan fingerprint density at radius 2 is 2.21 bits per heavy atom. The number of fused-ring (bicyclic) bond motifs is 1. The molecule has 0 saturated heterocycles. The monoisotopic (exact) mass is 350 g/mol. The molecular formula is C17H19ClN2O4. The van der Waals surface area contributed by atoms with Gasteiger partial charge >= 0.3 is 5.97 Å². The predicted octanol–water partition coefficient (Wildman–Crippen LogP) is 2.96. The summed E-state index contributed by atoms with van der Waals surface area (Å²) in [7, 11) is 2.92. The molecule has 0 N–H and O–H groups in total. The Morgan fingerprint density at radius 1 is 1.42 bits per heavy atom. The van der Waals surface area contributed by atoms with E-state index in [1.807, 2.05) is 23.6 Å². The summed E-state index contributed by atoms with van der Waals surface area (Å²) in [5, 5.41) is 0.522. The minimum Gasteiger partial charge on any atom is -0.495 e. The Labute approximate surface area is 145 Å². The molecule has 0 radical (unpaired) electrons. The molecule has 1 aromatic carbocycles. The molecule has 0 amide bonds. The molecule has 0 aliphatic carbocycles. The van der Waals surface area contributed by atoms with Gasteiger partial charge < -0.3 is 18.8 Å². The number of carbonyl (C=O) groups excluding carboxylic acids is 1. The van der Waals surface area contributed by atoms with Gasteiger partial charge in [-0.2, -0.15) is 0 Å². The number of benzene rings is 1. The molecule has 1 aliphatic heterocycles. The van der Waals surface area contributed by atoms with Gasteiger partial charge in [-0.15, -0.1) is 0 Å². The van der Waals surface area contributed by atoms with Crippen molar-refractivity contribution < 1.29 is 19.0 Å². The molecule has 7 heteroatoms. The molecule has 0 fully saturated rings. The van der Waals surface area contributed by atoms with Gasteiger partial charge in [-0.25, -0.2) is 9.78 Å². The zero-order chi connectivity index (χ0) is 17.3. The first kappa shape index (κ1) is 16.8. The number of nitrogens with zero attached hydrogens (tertiary/aromatic N) is 2. The normalized spacial score (nSPS) is 17.1. The SMILES string of the molecule is COC(=O)c1nc(-c2ccc(Cl)c(OC)c2)n2c1CCOC(C)C2. The topological polar surface area (TPSA) is 62.6 Å². The molecule has 2 aromatic rings. The summed E-state index contributed by atoms with van der Waals surface area (Å²) in [5.41, 5.74) is 1.98. The number of hydrogen-bond acceptors (Lipinski definition) is 5. The first-order chi connectivity index (χ1) is 11.5. The number of rotatable bonds is 3. The van der Waals surface area contributed by atoms with E-state index in [0.29, 0.717) is 41.9 Å². The molecule has 1 aliphatic rings. The molecule has 1 atom stereocenters. The van der Waals surface area contributed by atoms with Gasteiger partial charge in [0.1, 0.15) is 11.6 Å². The van der Waals surface area contributed by atoms with E-state index >= 15 is 0 Å². The number of methoxy groups -OCH3 is 2.